The molecule has 1 aliphatic rings. The van der Waals surface area contributed by atoms with E-state index in [0.717, 1.165) is 0 Å². The Kier molecular flexibility index (Phi) is 6.40. The van der Waals surface area contributed by atoms with E-state index < -0.39 is 23.9 Å². The molecule has 1 aliphatic heterocycles. The lowest BCUT2D eigenvalue weighted by Gasteiger charge is -2.35. The van der Waals surface area contributed by atoms with Crippen LogP contribution in [0.1, 0.15) is 13.3 Å². The third kappa shape index (κ3) is 4.78. The lowest BCUT2D eigenvalue weighted by molar-refractivity contribution is -0.151. The van der Waals surface area contributed by atoms with Gasteiger partial charge in [-0.25, -0.2) is 4.79 Å². The Morgan fingerprint density at radius 1 is 1.25 bits per heavy atom. The molecule has 1 saturated heterocycles. The highest BCUT2D eigenvalue weighted by Gasteiger charge is 2.30. The topological polar surface area (TPSA) is 113 Å². The Hall–Kier alpha value is -1.67. The molecule has 8 nitrogen and oxygen atoms in total. The van der Waals surface area contributed by atoms with Gasteiger partial charge in [0.2, 0.25) is 0 Å². The number of nitrogens with two attached hydrogens (primary N) is 1. The highest BCUT2D eigenvalue weighted by molar-refractivity contribution is 6.01. The van der Waals surface area contributed by atoms with Crippen molar-refractivity contribution in [3.63, 3.8) is 0 Å². The quantitative estimate of drug-likeness (QED) is 0.451. The second-order valence-corrected chi connectivity index (χ2v) is 4.54. The average Bonchev–Trinajstić information content (AvgIpc) is 2.44. The number of ether oxygens (including phenoxy) is 1. The van der Waals surface area contributed by atoms with Gasteiger partial charge in [-0.1, -0.05) is 0 Å². The zero-order chi connectivity index (χ0) is 15.1. The Morgan fingerprint density at radius 3 is 2.35 bits per heavy atom. The summed E-state index contributed by atoms with van der Waals surface area (Å²) in [6, 6.07) is -1.28. The van der Waals surface area contributed by atoms with Gasteiger partial charge in [-0.2, -0.15) is 0 Å². The van der Waals surface area contributed by atoms with Crippen LogP contribution in [0.25, 0.3) is 0 Å². The number of piperazine rings is 1. The first-order valence-corrected chi connectivity index (χ1v) is 6.60. The van der Waals surface area contributed by atoms with Crippen molar-refractivity contribution in [2.45, 2.75) is 19.4 Å². The lowest BCUT2D eigenvalue weighted by atomic mass is 10.2. The number of carboxylic acids is 1. The highest BCUT2D eigenvalue weighted by atomic mass is 16.5. The predicted molar refractivity (Wildman–Crippen MR) is 69.9 cm³/mol. The summed E-state index contributed by atoms with van der Waals surface area (Å²) in [5.74, 6) is -2.00. The molecule has 0 aromatic rings. The van der Waals surface area contributed by atoms with Gasteiger partial charge in [0.15, 0.2) is 6.04 Å². The van der Waals surface area contributed by atoms with Gasteiger partial charge in [0.1, 0.15) is 0 Å². The van der Waals surface area contributed by atoms with E-state index in [0.29, 0.717) is 32.7 Å². The molecule has 114 valence electrons. The van der Waals surface area contributed by atoms with E-state index in [1.165, 1.54) is 4.90 Å². The van der Waals surface area contributed by atoms with Gasteiger partial charge >= 0.3 is 11.9 Å². The van der Waals surface area contributed by atoms with Crippen LogP contribution >= 0.6 is 0 Å². The monoisotopic (exact) mass is 287 g/mol. The minimum absolute atomic E-state index is 0.0796. The zero-order valence-corrected chi connectivity index (χ0v) is 11.6. The number of nitrogens with zero attached hydrogens (tertiary/aromatic N) is 2. The molecule has 1 atom stereocenters. The summed E-state index contributed by atoms with van der Waals surface area (Å²) in [4.78, 5) is 37.3. The number of hydrogen-bond donors (Lipinski definition) is 2. The number of carboxylic acid groups (broad SMARTS) is 1. The first-order valence-electron chi connectivity index (χ1n) is 6.60. The molecule has 0 spiro atoms. The van der Waals surface area contributed by atoms with Gasteiger partial charge in [0.25, 0.3) is 5.91 Å². The minimum Gasteiger partial charge on any atom is -0.481 e. The average molecular weight is 287 g/mol. The van der Waals surface area contributed by atoms with Crippen LogP contribution in [0, 0.1) is 0 Å². The SMILES string of the molecule is CCOC(=O)C(N)C(=O)N1CCN(CCC(=O)O)CC1. The highest BCUT2D eigenvalue weighted by Crippen LogP contribution is 2.05. The summed E-state index contributed by atoms with van der Waals surface area (Å²) in [6.07, 6.45) is 0.0796. The minimum atomic E-state index is -1.28. The van der Waals surface area contributed by atoms with Crippen LogP contribution in [0.5, 0.6) is 0 Å². The summed E-state index contributed by atoms with van der Waals surface area (Å²) in [5.41, 5.74) is 5.55. The Labute approximate surface area is 117 Å². The molecular weight excluding hydrogens is 266 g/mol. The second-order valence-electron chi connectivity index (χ2n) is 4.54. The second kappa shape index (κ2) is 7.81. The molecular formula is C12H21N3O5. The number of carbonyl (C=O) groups is 3. The number of hydrogen-bond acceptors (Lipinski definition) is 6. The van der Waals surface area contributed by atoms with Crippen LogP contribution in [0.4, 0.5) is 0 Å². The molecule has 1 unspecified atom stereocenters. The van der Waals surface area contributed by atoms with E-state index in [1.54, 1.807) is 6.92 Å². The van der Waals surface area contributed by atoms with Gasteiger partial charge in [0, 0.05) is 32.7 Å². The van der Waals surface area contributed by atoms with Crippen LogP contribution in [0.15, 0.2) is 0 Å². The molecule has 8 heteroatoms. The molecule has 0 bridgehead atoms. The third-order valence-corrected chi connectivity index (χ3v) is 3.13. The number of amides is 1. The maximum Gasteiger partial charge on any atom is 0.332 e. The normalized spacial score (nSPS) is 17.6. The van der Waals surface area contributed by atoms with Crippen molar-refractivity contribution < 1.29 is 24.2 Å². The molecule has 0 radical (unpaired) electrons. The van der Waals surface area contributed by atoms with Crippen molar-refractivity contribution >= 4 is 17.8 Å². The number of esters is 1. The van der Waals surface area contributed by atoms with Crippen LogP contribution in [0.3, 0.4) is 0 Å². The standard InChI is InChI=1S/C12H21N3O5/c1-2-20-12(19)10(13)11(18)15-7-5-14(6-8-15)4-3-9(16)17/h10H,2-8,13H2,1H3,(H,16,17). The molecule has 0 aromatic carbocycles. The van der Waals surface area contributed by atoms with E-state index in [2.05, 4.69) is 0 Å². The van der Waals surface area contributed by atoms with Gasteiger partial charge in [-0.3, -0.25) is 14.5 Å². The lowest BCUT2D eigenvalue weighted by Crippen LogP contribution is -2.55. The van der Waals surface area contributed by atoms with Crippen molar-refractivity contribution in [2.75, 3.05) is 39.3 Å². The summed E-state index contributed by atoms with van der Waals surface area (Å²) in [5, 5.41) is 8.61. The maximum atomic E-state index is 12.0. The smallest absolute Gasteiger partial charge is 0.332 e. The largest absolute Gasteiger partial charge is 0.481 e. The van der Waals surface area contributed by atoms with Crippen molar-refractivity contribution in [3.8, 4) is 0 Å². The number of aliphatic carboxylic acids is 1. The molecule has 0 aliphatic carbocycles. The van der Waals surface area contributed by atoms with E-state index in [1.807, 2.05) is 4.90 Å². The van der Waals surface area contributed by atoms with Gasteiger partial charge in [-0.15, -0.1) is 0 Å². The molecule has 1 rings (SSSR count). The molecule has 0 saturated carbocycles. The third-order valence-electron chi connectivity index (χ3n) is 3.13. The molecule has 0 aromatic heterocycles. The fourth-order valence-corrected chi connectivity index (χ4v) is 1.98. The Morgan fingerprint density at radius 2 is 1.85 bits per heavy atom. The number of rotatable bonds is 6. The molecule has 20 heavy (non-hydrogen) atoms. The van der Waals surface area contributed by atoms with E-state index in [9.17, 15) is 14.4 Å². The fraction of sp³-hybridized carbons (Fsp3) is 0.750. The van der Waals surface area contributed by atoms with Gasteiger partial charge in [-0.05, 0) is 6.92 Å². The molecule has 1 amide bonds. The fourth-order valence-electron chi connectivity index (χ4n) is 1.98. The summed E-state index contributed by atoms with van der Waals surface area (Å²) >= 11 is 0. The van der Waals surface area contributed by atoms with E-state index in [4.69, 9.17) is 15.6 Å². The van der Waals surface area contributed by atoms with Crippen LogP contribution in [0.2, 0.25) is 0 Å². The summed E-state index contributed by atoms with van der Waals surface area (Å²) < 4.78 is 4.71. The zero-order valence-electron chi connectivity index (χ0n) is 11.6. The van der Waals surface area contributed by atoms with Gasteiger partial charge in [0.05, 0.1) is 13.0 Å². The van der Waals surface area contributed by atoms with Crippen molar-refractivity contribution in [2.24, 2.45) is 5.73 Å². The van der Waals surface area contributed by atoms with E-state index in [-0.39, 0.29) is 13.0 Å². The Balaban J connectivity index is 2.38. The summed E-state index contributed by atoms with van der Waals surface area (Å²) in [6.45, 7) is 4.32. The molecule has 1 fully saturated rings. The number of carbonyl (C=O) groups excluding carboxylic acids is 2. The van der Waals surface area contributed by atoms with Crippen molar-refractivity contribution in [1.82, 2.24) is 9.80 Å². The maximum absolute atomic E-state index is 12.0. The Bertz CT molecular complexity index is 366. The van der Waals surface area contributed by atoms with Crippen LogP contribution in [-0.2, 0) is 19.1 Å². The van der Waals surface area contributed by atoms with Crippen molar-refractivity contribution in [3.05, 3.63) is 0 Å². The first-order chi connectivity index (χ1) is 9.45. The van der Waals surface area contributed by atoms with Crippen LogP contribution < -0.4 is 5.73 Å². The van der Waals surface area contributed by atoms with E-state index >= 15 is 0 Å². The molecule has 3 N–H and O–H groups in total. The molecule has 1 heterocycles. The van der Waals surface area contributed by atoms with Crippen molar-refractivity contribution in [1.29, 1.82) is 0 Å². The van der Waals surface area contributed by atoms with Gasteiger partial charge < -0.3 is 20.5 Å². The van der Waals surface area contributed by atoms with Crippen LogP contribution in [-0.4, -0.2) is 78.1 Å². The summed E-state index contributed by atoms with van der Waals surface area (Å²) in [7, 11) is 0. The predicted octanol–water partition coefficient (Wildman–Crippen LogP) is -1.50. The first kappa shape index (κ1) is 16.4.